The number of aromatic hydroxyl groups is 2. The third-order valence-corrected chi connectivity index (χ3v) is 4.16. The van der Waals surface area contributed by atoms with Crippen LogP contribution in [0, 0.1) is 13.8 Å². The fourth-order valence-corrected chi connectivity index (χ4v) is 2.75. The Kier molecular flexibility index (Phi) is 3.90. The van der Waals surface area contributed by atoms with Crippen LogP contribution in [0.1, 0.15) is 11.1 Å². The van der Waals surface area contributed by atoms with E-state index in [4.69, 9.17) is 4.74 Å². The van der Waals surface area contributed by atoms with E-state index in [9.17, 15) is 10.2 Å². The minimum atomic E-state index is 0.189. The first kappa shape index (κ1) is 13.6. The summed E-state index contributed by atoms with van der Waals surface area (Å²) in [5.41, 5.74) is 1.37. The summed E-state index contributed by atoms with van der Waals surface area (Å²) in [6.45, 7) is 3.57. The Morgan fingerprint density at radius 2 is 1.68 bits per heavy atom. The summed E-state index contributed by atoms with van der Waals surface area (Å²) in [7, 11) is 1.62. The summed E-state index contributed by atoms with van der Waals surface area (Å²) in [5, 5.41) is 19.9. The predicted molar refractivity (Wildman–Crippen MR) is 76.4 cm³/mol. The van der Waals surface area contributed by atoms with Crippen LogP contribution < -0.4 is 4.74 Å². The van der Waals surface area contributed by atoms with E-state index < -0.39 is 0 Å². The monoisotopic (exact) mass is 276 g/mol. The molecule has 0 unspecified atom stereocenters. The van der Waals surface area contributed by atoms with Crippen molar-refractivity contribution in [2.75, 3.05) is 7.11 Å². The van der Waals surface area contributed by atoms with Crippen molar-refractivity contribution in [3.05, 3.63) is 41.5 Å². The lowest BCUT2D eigenvalue weighted by Gasteiger charge is -2.12. The second kappa shape index (κ2) is 5.45. The van der Waals surface area contributed by atoms with Crippen LogP contribution in [-0.2, 0) is 0 Å². The summed E-state index contributed by atoms with van der Waals surface area (Å²) in [6.07, 6.45) is 0. The highest BCUT2D eigenvalue weighted by molar-refractivity contribution is 7.99. The molecule has 3 nitrogen and oxygen atoms in total. The maximum Gasteiger partial charge on any atom is 0.130 e. The van der Waals surface area contributed by atoms with Gasteiger partial charge in [0.2, 0.25) is 0 Å². The van der Waals surface area contributed by atoms with Gasteiger partial charge in [0, 0.05) is 10.5 Å². The molecule has 4 heteroatoms. The van der Waals surface area contributed by atoms with Gasteiger partial charge in [0.05, 0.1) is 12.0 Å². The number of ether oxygens (including phenoxy) is 1. The summed E-state index contributed by atoms with van der Waals surface area (Å²) in [5.74, 6) is 1.21. The van der Waals surface area contributed by atoms with Gasteiger partial charge < -0.3 is 14.9 Å². The molecular weight excluding hydrogens is 260 g/mol. The average Bonchev–Trinajstić information content (AvgIpc) is 2.42. The maximum atomic E-state index is 10.0. The molecule has 2 rings (SSSR count). The molecule has 0 saturated heterocycles. The van der Waals surface area contributed by atoms with E-state index in [1.165, 1.54) is 11.8 Å². The molecular formula is C15H16O3S. The van der Waals surface area contributed by atoms with E-state index in [1.807, 2.05) is 24.3 Å². The van der Waals surface area contributed by atoms with Gasteiger partial charge in [0.15, 0.2) is 0 Å². The van der Waals surface area contributed by atoms with E-state index in [0.29, 0.717) is 16.0 Å². The highest BCUT2D eigenvalue weighted by atomic mass is 32.2. The first-order chi connectivity index (χ1) is 9.02. The van der Waals surface area contributed by atoms with E-state index in [-0.39, 0.29) is 11.5 Å². The highest BCUT2D eigenvalue weighted by Crippen LogP contribution is 2.42. The normalized spacial score (nSPS) is 10.5. The molecule has 0 radical (unpaired) electrons. The van der Waals surface area contributed by atoms with Crippen LogP contribution in [0.3, 0.4) is 0 Å². The van der Waals surface area contributed by atoms with E-state index in [0.717, 1.165) is 10.6 Å². The van der Waals surface area contributed by atoms with Crippen LogP contribution in [0.4, 0.5) is 0 Å². The van der Waals surface area contributed by atoms with Gasteiger partial charge in [-0.15, -0.1) is 0 Å². The van der Waals surface area contributed by atoms with Gasteiger partial charge in [-0.05, 0) is 49.7 Å². The van der Waals surface area contributed by atoms with Crippen molar-refractivity contribution >= 4 is 11.8 Å². The molecule has 0 aliphatic carbocycles. The number of methoxy groups -OCH3 is 1. The van der Waals surface area contributed by atoms with Crippen molar-refractivity contribution in [2.45, 2.75) is 23.6 Å². The van der Waals surface area contributed by atoms with Crippen LogP contribution in [0.2, 0.25) is 0 Å². The van der Waals surface area contributed by atoms with Crippen LogP contribution in [-0.4, -0.2) is 17.3 Å². The third kappa shape index (κ3) is 2.79. The summed E-state index contributed by atoms with van der Waals surface area (Å²) < 4.78 is 5.10. The van der Waals surface area contributed by atoms with Crippen molar-refractivity contribution in [1.82, 2.24) is 0 Å². The van der Waals surface area contributed by atoms with E-state index >= 15 is 0 Å². The fraction of sp³-hybridized carbons (Fsp3) is 0.200. The molecule has 0 bridgehead atoms. The number of rotatable bonds is 3. The van der Waals surface area contributed by atoms with Gasteiger partial charge in [-0.25, -0.2) is 0 Å². The molecule has 0 fully saturated rings. The molecule has 0 aromatic heterocycles. The number of phenols is 2. The van der Waals surface area contributed by atoms with Crippen molar-refractivity contribution in [3.63, 3.8) is 0 Å². The van der Waals surface area contributed by atoms with Crippen molar-refractivity contribution in [2.24, 2.45) is 0 Å². The quantitative estimate of drug-likeness (QED) is 0.835. The molecule has 0 atom stereocenters. The number of aryl methyl sites for hydroxylation is 1. The largest absolute Gasteiger partial charge is 0.507 e. The molecule has 2 aromatic rings. The van der Waals surface area contributed by atoms with Gasteiger partial charge in [-0.1, -0.05) is 11.8 Å². The molecule has 0 aliphatic rings. The Hall–Kier alpha value is -1.81. The van der Waals surface area contributed by atoms with Crippen LogP contribution >= 0.6 is 11.8 Å². The van der Waals surface area contributed by atoms with Crippen molar-refractivity contribution in [1.29, 1.82) is 0 Å². The van der Waals surface area contributed by atoms with Gasteiger partial charge in [0.1, 0.15) is 17.2 Å². The lowest BCUT2D eigenvalue weighted by molar-refractivity contribution is 0.414. The zero-order chi connectivity index (χ0) is 14.0. The molecule has 2 N–H and O–H groups in total. The smallest absolute Gasteiger partial charge is 0.130 e. The summed E-state index contributed by atoms with van der Waals surface area (Å²) in [6, 6.07) is 9.14. The number of hydrogen-bond donors (Lipinski definition) is 2. The Morgan fingerprint density at radius 1 is 1.05 bits per heavy atom. The Balaban J connectivity index is 2.35. The van der Waals surface area contributed by atoms with Crippen molar-refractivity contribution in [3.8, 4) is 17.2 Å². The second-order valence-electron chi connectivity index (χ2n) is 4.29. The minimum Gasteiger partial charge on any atom is -0.507 e. The Bertz CT molecular complexity index is 591. The van der Waals surface area contributed by atoms with Crippen LogP contribution in [0.15, 0.2) is 40.1 Å². The van der Waals surface area contributed by atoms with Gasteiger partial charge >= 0.3 is 0 Å². The standard InChI is InChI=1S/C15H16O3S/c1-9-8-13(16)15(10(2)14(9)17)19-12-6-4-11(18-3)5-7-12/h4-8,16-17H,1-3H3. The average molecular weight is 276 g/mol. The lowest BCUT2D eigenvalue weighted by atomic mass is 10.1. The third-order valence-electron chi connectivity index (χ3n) is 2.93. The van der Waals surface area contributed by atoms with Crippen LogP contribution in [0.25, 0.3) is 0 Å². The zero-order valence-electron chi connectivity index (χ0n) is 11.1. The molecule has 19 heavy (non-hydrogen) atoms. The minimum absolute atomic E-state index is 0.189. The zero-order valence-corrected chi connectivity index (χ0v) is 11.9. The summed E-state index contributed by atoms with van der Waals surface area (Å²) in [4.78, 5) is 1.65. The van der Waals surface area contributed by atoms with E-state index in [1.54, 1.807) is 27.0 Å². The molecule has 0 heterocycles. The predicted octanol–water partition coefficient (Wildman–Crippen LogP) is 3.87. The summed E-state index contributed by atoms with van der Waals surface area (Å²) >= 11 is 1.42. The first-order valence-corrected chi connectivity index (χ1v) is 6.68. The molecule has 0 amide bonds. The maximum absolute atomic E-state index is 10.0. The Morgan fingerprint density at radius 3 is 2.26 bits per heavy atom. The SMILES string of the molecule is COc1ccc(Sc2c(O)cc(C)c(O)c2C)cc1. The second-order valence-corrected chi connectivity index (χ2v) is 5.38. The molecule has 2 aromatic carbocycles. The highest BCUT2D eigenvalue weighted by Gasteiger charge is 2.13. The fourth-order valence-electron chi connectivity index (χ4n) is 1.82. The van der Waals surface area contributed by atoms with Gasteiger partial charge in [-0.3, -0.25) is 0 Å². The van der Waals surface area contributed by atoms with Crippen molar-refractivity contribution < 1.29 is 14.9 Å². The van der Waals surface area contributed by atoms with E-state index in [2.05, 4.69) is 0 Å². The molecule has 100 valence electrons. The molecule has 0 spiro atoms. The van der Waals surface area contributed by atoms with Gasteiger partial charge in [0.25, 0.3) is 0 Å². The topological polar surface area (TPSA) is 49.7 Å². The van der Waals surface area contributed by atoms with Crippen LogP contribution in [0.5, 0.6) is 17.2 Å². The Labute approximate surface area is 116 Å². The molecule has 0 saturated carbocycles. The number of phenolic OH excluding ortho intramolecular Hbond substituents is 2. The number of hydrogen-bond acceptors (Lipinski definition) is 4. The van der Waals surface area contributed by atoms with Gasteiger partial charge in [-0.2, -0.15) is 0 Å². The number of benzene rings is 2. The first-order valence-electron chi connectivity index (χ1n) is 5.87. The lowest BCUT2D eigenvalue weighted by Crippen LogP contribution is -1.87. The molecule has 0 aliphatic heterocycles.